The molecule has 0 saturated heterocycles. The van der Waals surface area contributed by atoms with Crippen LogP contribution in [0.2, 0.25) is 0 Å². The third-order valence-corrected chi connectivity index (χ3v) is 4.57. The molecule has 1 aromatic heterocycles. The molecule has 138 valence electrons. The van der Waals surface area contributed by atoms with Crippen molar-refractivity contribution in [3.63, 3.8) is 0 Å². The van der Waals surface area contributed by atoms with Gasteiger partial charge >= 0.3 is 0 Å². The van der Waals surface area contributed by atoms with E-state index in [1.165, 1.54) is 70.3 Å². The topological polar surface area (TPSA) is 50.4 Å². The van der Waals surface area contributed by atoms with Gasteiger partial charge in [0.15, 0.2) is 11.5 Å². The van der Waals surface area contributed by atoms with Gasteiger partial charge in [-0.15, -0.1) is 0 Å². The molecule has 24 heavy (non-hydrogen) atoms. The molecule has 0 unspecified atom stereocenters. The number of rotatable bonds is 13. The van der Waals surface area contributed by atoms with Crippen molar-refractivity contribution >= 4 is 0 Å². The van der Waals surface area contributed by atoms with E-state index < -0.39 is 0 Å². The van der Waals surface area contributed by atoms with Crippen LogP contribution in [0, 0.1) is 0 Å². The lowest BCUT2D eigenvalue weighted by atomic mass is 10.1. The van der Waals surface area contributed by atoms with Gasteiger partial charge in [0.1, 0.15) is 12.8 Å². The molecule has 0 saturated carbocycles. The van der Waals surface area contributed by atoms with Crippen LogP contribution in [0.3, 0.4) is 0 Å². The summed E-state index contributed by atoms with van der Waals surface area (Å²) in [6.45, 7) is 4.00. The van der Waals surface area contributed by atoms with Crippen LogP contribution in [0.1, 0.15) is 76.9 Å². The van der Waals surface area contributed by atoms with E-state index in [0.717, 1.165) is 17.3 Å². The summed E-state index contributed by atoms with van der Waals surface area (Å²) in [5.74, 6) is 0.314. The molecule has 0 amide bonds. The summed E-state index contributed by atoms with van der Waals surface area (Å²) < 4.78 is 6.11. The van der Waals surface area contributed by atoms with Gasteiger partial charge < -0.3 is 14.0 Å². The first-order valence-corrected chi connectivity index (χ1v) is 9.57. The van der Waals surface area contributed by atoms with Gasteiger partial charge in [-0.1, -0.05) is 58.3 Å². The van der Waals surface area contributed by atoms with E-state index in [-0.39, 0.29) is 11.2 Å². The van der Waals surface area contributed by atoms with Crippen LogP contribution in [0.25, 0.3) is 0 Å². The highest BCUT2D eigenvalue weighted by atomic mass is 16.4. The first-order chi connectivity index (χ1) is 11.4. The largest absolute Gasteiger partial charge is 0.502 e. The fourth-order valence-electron chi connectivity index (χ4n) is 3.05. The molecule has 0 bridgehead atoms. The van der Waals surface area contributed by atoms with E-state index in [1.54, 1.807) is 0 Å². The molecular weight excluding hydrogens is 302 g/mol. The summed E-state index contributed by atoms with van der Waals surface area (Å²) in [6, 6.07) is 1.40. The van der Waals surface area contributed by atoms with Crippen molar-refractivity contribution in [3.05, 3.63) is 28.3 Å². The second kappa shape index (κ2) is 11.3. The number of nitrogens with zero attached hydrogens (tertiary/aromatic N) is 1. The number of unbranched alkanes of at least 4 members (excludes halogenated alkanes) is 9. The van der Waals surface area contributed by atoms with E-state index in [1.807, 2.05) is 0 Å². The highest BCUT2D eigenvalue weighted by Crippen LogP contribution is 2.14. The quantitative estimate of drug-likeness (QED) is 0.413. The average Bonchev–Trinajstić information content (AvgIpc) is 2.52. The maximum Gasteiger partial charge on any atom is 0.226 e. The molecular formula is C20H36NO3+. The summed E-state index contributed by atoms with van der Waals surface area (Å²) >= 11 is 0. The van der Waals surface area contributed by atoms with Crippen LogP contribution in [0.15, 0.2) is 21.5 Å². The third-order valence-electron chi connectivity index (χ3n) is 4.57. The zero-order valence-corrected chi connectivity index (χ0v) is 15.9. The molecule has 1 aromatic rings. The molecule has 1 heterocycles. The minimum absolute atomic E-state index is 0.321. The van der Waals surface area contributed by atoms with Crippen LogP contribution in [-0.2, 0) is 6.54 Å². The maximum absolute atomic E-state index is 11.5. The average molecular weight is 339 g/mol. The van der Waals surface area contributed by atoms with E-state index in [0.29, 0.717) is 12.3 Å². The summed E-state index contributed by atoms with van der Waals surface area (Å²) in [6.07, 6.45) is 14.6. The fourth-order valence-corrected chi connectivity index (χ4v) is 3.05. The lowest BCUT2D eigenvalue weighted by Crippen LogP contribution is -2.39. The predicted molar refractivity (Wildman–Crippen MR) is 99.2 cm³/mol. The molecule has 0 aliphatic carbocycles. The third kappa shape index (κ3) is 9.11. The van der Waals surface area contributed by atoms with Gasteiger partial charge in [0.2, 0.25) is 5.43 Å². The summed E-state index contributed by atoms with van der Waals surface area (Å²) in [7, 11) is 4.31. The molecule has 4 nitrogen and oxygen atoms in total. The van der Waals surface area contributed by atoms with Crippen LogP contribution >= 0.6 is 0 Å². The zero-order valence-electron chi connectivity index (χ0n) is 15.9. The highest BCUT2D eigenvalue weighted by Gasteiger charge is 2.17. The predicted octanol–water partition coefficient (Wildman–Crippen LogP) is 4.84. The van der Waals surface area contributed by atoms with Crippen molar-refractivity contribution < 1.29 is 14.0 Å². The molecule has 1 N–H and O–H groups in total. The van der Waals surface area contributed by atoms with Crippen molar-refractivity contribution in [2.45, 2.75) is 77.7 Å². The van der Waals surface area contributed by atoms with Crippen molar-refractivity contribution in [1.29, 1.82) is 0 Å². The van der Waals surface area contributed by atoms with Gasteiger partial charge in [-0.05, 0) is 12.8 Å². The number of hydrogen-bond donors (Lipinski definition) is 1. The second-order valence-electron chi connectivity index (χ2n) is 7.60. The molecule has 0 spiro atoms. The maximum atomic E-state index is 11.5. The van der Waals surface area contributed by atoms with Gasteiger partial charge in [0, 0.05) is 6.07 Å². The standard InChI is InChI=1S/C20H35NO3/c1-4-5-6-7-8-9-10-11-12-13-14-21(2,3)16-18-15-19(22)20(23)17-24-18/h15,17H,4-14,16H2,1-3H3/p+1. The highest BCUT2D eigenvalue weighted by molar-refractivity contribution is 5.15. The van der Waals surface area contributed by atoms with E-state index in [9.17, 15) is 9.90 Å². The summed E-state index contributed by atoms with van der Waals surface area (Å²) in [5.41, 5.74) is -0.366. The Kier molecular flexibility index (Phi) is 9.77. The second-order valence-corrected chi connectivity index (χ2v) is 7.60. The Balaban J connectivity index is 2.12. The zero-order chi connectivity index (χ0) is 17.8. The Morgan fingerprint density at radius 3 is 2.04 bits per heavy atom. The molecule has 1 rings (SSSR count). The molecule has 4 heteroatoms. The lowest BCUT2D eigenvalue weighted by molar-refractivity contribution is -0.904. The fraction of sp³-hybridized carbons (Fsp3) is 0.750. The van der Waals surface area contributed by atoms with Crippen LogP contribution < -0.4 is 5.43 Å². The minimum atomic E-state index is -0.366. The van der Waals surface area contributed by atoms with Gasteiger partial charge in [-0.3, -0.25) is 4.79 Å². The Morgan fingerprint density at radius 1 is 0.958 bits per heavy atom. The SMILES string of the molecule is CCCCCCCCCCCC[N+](C)(C)Cc1cc(=O)c(O)co1. The molecule has 0 fully saturated rings. The molecule has 0 atom stereocenters. The lowest BCUT2D eigenvalue weighted by Gasteiger charge is -2.29. The van der Waals surface area contributed by atoms with Crippen LogP contribution in [0.5, 0.6) is 5.75 Å². The van der Waals surface area contributed by atoms with E-state index in [2.05, 4.69) is 21.0 Å². The van der Waals surface area contributed by atoms with Gasteiger partial charge in [-0.2, -0.15) is 0 Å². The van der Waals surface area contributed by atoms with Crippen molar-refractivity contribution in [2.24, 2.45) is 0 Å². The van der Waals surface area contributed by atoms with Crippen molar-refractivity contribution in [2.75, 3.05) is 20.6 Å². The normalized spacial score (nSPS) is 11.8. The van der Waals surface area contributed by atoms with E-state index in [4.69, 9.17) is 4.42 Å². The molecule has 0 aliphatic rings. The molecule has 0 aromatic carbocycles. The number of aromatic hydroxyl groups is 1. The monoisotopic (exact) mass is 338 g/mol. The van der Waals surface area contributed by atoms with E-state index >= 15 is 0 Å². The smallest absolute Gasteiger partial charge is 0.226 e. The Labute approximate surface area is 147 Å². The number of hydrogen-bond acceptors (Lipinski definition) is 3. The van der Waals surface area contributed by atoms with Gasteiger partial charge in [0.25, 0.3) is 0 Å². The Bertz CT molecular complexity index is 508. The van der Waals surface area contributed by atoms with Crippen LogP contribution in [0.4, 0.5) is 0 Å². The summed E-state index contributed by atoms with van der Waals surface area (Å²) in [4.78, 5) is 11.5. The first kappa shape index (κ1) is 20.8. The van der Waals surface area contributed by atoms with Gasteiger partial charge in [0.05, 0.1) is 20.6 Å². The van der Waals surface area contributed by atoms with Crippen LogP contribution in [-0.4, -0.2) is 30.2 Å². The molecule has 0 aliphatic heterocycles. The van der Waals surface area contributed by atoms with Crippen molar-refractivity contribution in [1.82, 2.24) is 0 Å². The van der Waals surface area contributed by atoms with Gasteiger partial charge in [-0.25, -0.2) is 0 Å². The minimum Gasteiger partial charge on any atom is -0.502 e. The number of quaternary nitrogens is 1. The Hall–Kier alpha value is -1.29. The first-order valence-electron chi connectivity index (χ1n) is 9.57. The van der Waals surface area contributed by atoms with Crippen molar-refractivity contribution in [3.8, 4) is 5.75 Å². The Morgan fingerprint density at radius 2 is 1.50 bits per heavy atom. The summed E-state index contributed by atoms with van der Waals surface area (Å²) in [5, 5.41) is 9.24. The molecule has 0 radical (unpaired) electrons.